The van der Waals surface area contributed by atoms with Crippen molar-refractivity contribution in [1.82, 2.24) is 0 Å². The normalized spacial score (nSPS) is 24.0. The molecule has 0 saturated carbocycles. The average Bonchev–Trinajstić information content (AvgIpc) is 2.58. The molecule has 2 aliphatic rings. The Hall–Kier alpha value is -2.22. The van der Waals surface area contributed by atoms with E-state index in [1.54, 1.807) is 0 Å². The Morgan fingerprint density at radius 3 is 2.14 bits per heavy atom. The minimum atomic E-state index is -0.156. The van der Waals surface area contributed by atoms with E-state index in [4.69, 9.17) is 0 Å². The summed E-state index contributed by atoms with van der Waals surface area (Å²) in [6.45, 7) is 2.11. The van der Waals surface area contributed by atoms with Crippen LogP contribution in [-0.4, -0.2) is 11.6 Å². The number of allylic oxidation sites excluding steroid dienone is 2. The molecule has 0 aromatic heterocycles. The molecule has 110 valence electrons. The van der Waals surface area contributed by atoms with E-state index in [1.807, 2.05) is 36.4 Å². The van der Waals surface area contributed by atoms with Gasteiger partial charge in [-0.15, -0.1) is 0 Å². The van der Waals surface area contributed by atoms with E-state index in [0.29, 0.717) is 17.5 Å². The molecule has 2 heteroatoms. The van der Waals surface area contributed by atoms with E-state index in [0.717, 1.165) is 23.6 Å². The minimum Gasteiger partial charge on any atom is -0.294 e. The van der Waals surface area contributed by atoms with Crippen LogP contribution in [0.25, 0.3) is 10.8 Å². The lowest BCUT2D eigenvalue weighted by atomic mass is 9.67. The van der Waals surface area contributed by atoms with Gasteiger partial charge in [-0.25, -0.2) is 0 Å². The summed E-state index contributed by atoms with van der Waals surface area (Å²) in [5.74, 6) is -0.00117. The Bertz CT molecular complexity index is 829. The first-order valence-corrected chi connectivity index (χ1v) is 7.98. The van der Waals surface area contributed by atoms with Crippen molar-refractivity contribution >= 4 is 22.3 Å². The lowest BCUT2D eigenvalue weighted by Gasteiger charge is -2.34. The van der Waals surface area contributed by atoms with Crippen LogP contribution >= 0.6 is 0 Å². The SMILES string of the molecule is CCC1=CC[C@H]2C(=O)c3cc4ccccc4cc3C(=O)[C@H]2C1. The minimum absolute atomic E-state index is 0.150. The molecular weight excluding hydrogens is 272 g/mol. The summed E-state index contributed by atoms with van der Waals surface area (Å²) < 4.78 is 0. The van der Waals surface area contributed by atoms with Gasteiger partial charge in [0.1, 0.15) is 0 Å². The number of benzene rings is 2. The molecule has 2 aromatic rings. The predicted octanol–water partition coefficient (Wildman–Crippen LogP) is 4.58. The number of ketones is 2. The molecule has 2 aliphatic carbocycles. The van der Waals surface area contributed by atoms with E-state index in [-0.39, 0.29) is 23.4 Å². The third kappa shape index (κ3) is 1.87. The van der Waals surface area contributed by atoms with Gasteiger partial charge in [-0.3, -0.25) is 9.59 Å². The number of hydrogen-bond donors (Lipinski definition) is 0. The predicted molar refractivity (Wildman–Crippen MR) is 87.2 cm³/mol. The maximum absolute atomic E-state index is 12.9. The van der Waals surface area contributed by atoms with E-state index in [9.17, 15) is 9.59 Å². The topological polar surface area (TPSA) is 34.1 Å². The molecule has 4 rings (SSSR count). The van der Waals surface area contributed by atoms with E-state index in [2.05, 4.69) is 13.0 Å². The number of carbonyl (C=O) groups excluding carboxylic acids is 2. The molecule has 0 amide bonds. The zero-order chi connectivity index (χ0) is 15.3. The van der Waals surface area contributed by atoms with E-state index in [1.165, 1.54) is 5.57 Å². The summed E-state index contributed by atoms with van der Waals surface area (Å²) in [5.41, 5.74) is 2.56. The molecule has 0 saturated heterocycles. The quantitative estimate of drug-likeness (QED) is 0.720. The van der Waals surface area contributed by atoms with E-state index >= 15 is 0 Å². The highest BCUT2D eigenvalue weighted by molar-refractivity contribution is 6.18. The second-order valence-corrected chi connectivity index (χ2v) is 6.34. The zero-order valence-corrected chi connectivity index (χ0v) is 12.6. The molecule has 0 unspecified atom stereocenters. The van der Waals surface area contributed by atoms with Crippen LogP contribution in [0.2, 0.25) is 0 Å². The molecule has 0 aliphatic heterocycles. The van der Waals surface area contributed by atoms with Crippen LogP contribution in [0, 0.1) is 11.8 Å². The average molecular weight is 290 g/mol. The number of carbonyl (C=O) groups is 2. The second-order valence-electron chi connectivity index (χ2n) is 6.34. The maximum Gasteiger partial charge on any atom is 0.167 e. The first-order valence-electron chi connectivity index (χ1n) is 7.98. The Morgan fingerprint density at radius 1 is 0.955 bits per heavy atom. The van der Waals surface area contributed by atoms with Gasteiger partial charge in [0.2, 0.25) is 0 Å². The van der Waals surface area contributed by atoms with Gasteiger partial charge >= 0.3 is 0 Å². The highest BCUT2D eigenvalue weighted by atomic mass is 16.1. The van der Waals surface area contributed by atoms with Crippen molar-refractivity contribution in [3.63, 3.8) is 0 Å². The van der Waals surface area contributed by atoms with Gasteiger partial charge in [0.05, 0.1) is 0 Å². The van der Waals surface area contributed by atoms with Crippen molar-refractivity contribution in [3.05, 3.63) is 59.2 Å². The molecule has 0 radical (unpaired) electrons. The fraction of sp³-hybridized carbons (Fsp3) is 0.300. The molecular formula is C20H18O2. The summed E-state index contributed by atoms with van der Waals surface area (Å²) in [4.78, 5) is 25.8. The summed E-state index contributed by atoms with van der Waals surface area (Å²) in [7, 11) is 0. The monoisotopic (exact) mass is 290 g/mol. The lowest BCUT2D eigenvalue weighted by molar-refractivity contribution is 0.0725. The highest BCUT2D eigenvalue weighted by Crippen LogP contribution is 2.41. The van der Waals surface area contributed by atoms with Gasteiger partial charge in [-0.2, -0.15) is 0 Å². The van der Waals surface area contributed by atoms with Crippen LogP contribution in [0.3, 0.4) is 0 Å². The lowest BCUT2D eigenvalue weighted by Crippen LogP contribution is -2.38. The van der Waals surface area contributed by atoms with Crippen LogP contribution < -0.4 is 0 Å². The fourth-order valence-electron chi connectivity index (χ4n) is 3.87. The molecule has 2 nitrogen and oxygen atoms in total. The first-order chi connectivity index (χ1) is 10.7. The Kier molecular flexibility index (Phi) is 3.00. The molecule has 2 aromatic carbocycles. The van der Waals surface area contributed by atoms with E-state index < -0.39 is 0 Å². The van der Waals surface area contributed by atoms with Gasteiger partial charge in [0.25, 0.3) is 0 Å². The first kappa shape index (κ1) is 13.4. The third-order valence-electron chi connectivity index (χ3n) is 5.17. The largest absolute Gasteiger partial charge is 0.294 e. The van der Waals surface area contributed by atoms with Gasteiger partial charge in [-0.1, -0.05) is 42.8 Å². The number of Topliss-reactive ketones (excluding diaryl/α,β-unsaturated/α-hetero) is 2. The van der Waals surface area contributed by atoms with Crippen LogP contribution in [0.5, 0.6) is 0 Å². The second kappa shape index (κ2) is 4.91. The summed E-state index contributed by atoms with van der Waals surface area (Å²) in [5, 5.41) is 2.06. The van der Waals surface area contributed by atoms with Crippen molar-refractivity contribution in [2.75, 3.05) is 0 Å². The Morgan fingerprint density at radius 2 is 1.55 bits per heavy atom. The number of rotatable bonds is 1. The van der Waals surface area contributed by atoms with Crippen molar-refractivity contribution in [2.24, 2.45) is 11.8 Å². The van der Waals surface area contributed by atoms with Crippen molar-refractivity contribution in [2.45, 2.75) is 26.2 Å². The van der Waals surface area contributed by atoms with Gasteiger partial charge < -0.3 is 0 Å². The molecule has 0 N–H and O–H groups in total. The van der Waals surface area contributed by atoms with Crippen LogP contribution in [0.15, 0.2) is 48.0 Å². The standard InChI is InChI=1S/C20H18O2/c1-2-12-7-8-15-16(9-12)20(22)18-11-14-6-4-3-5-13(14)10-17(18)19(15)21/h3-7,10-11,15-16H,2,8-9H2,1H3/t15-,16+/m1/s1. The Labute approximate surface area is 129 Å². The molecule has 0 spiro atoms. The van der Waals surface area contributed by atoms with Gasteiger partial charge in [0.15, 0.2) is 11.6 Å². The van der Waals surface area contributed by atoms with Crippen molar-refractivity contribution in [1.29, 1.82) is 0 Å². The van der Waals surface area contributed by atoms with Gasteiger partial charge in [0, 0.05) is 23.0 Å². The highest BCUT2D eigenvalue weighted by Gasteiger charge is 2.42. The molecule has 0 fully saturated rings. The summed E-state index contributed by atoms with van der Waals surface area (Å²) >= 11 is 0. The summed E-state index contributed by atoms with van der Waals surface area (Å²) in [6.07, 6.45) is 4.59. The maximum atomic E-state index is 12.9. The third-order valence-corrected chi connectivity index (χ3v) is 5.17. The smallest absolute Gasteiger partial charge is 0.167 e. The fourth-order valence-corrected chi connectivity index (χ4v) is 3.87. The molecule has 0 bridgehead atoms. The summed E-state index contributed by atoms with van der Waals surface area (Å²) in [6, 6.07) is 11.7. The van der Waals surface area contributed by atoms with Crippen LogP contribution in [0.1, 0.15) is 46.9 Å². The molecule has 0 heterocycles. The molecule has 2 atom stereocenters. The molecule has 22 heavy (non-hydrogen) atoms. The Balaban J connectivity index is 1.88. The van der Waals surface area contributed by atoms with Gasteiger partial charge in [-0.05, 0) is 42.2 Å². The van der Waals surface area contributed by atoms with Crippen LogP contribution in [0.4, 0.5) is 0 Å². The number of fused-ring (bicyclic) bond motifs is 3. The van der Waals surface area contributed by atoms with Crippen LogP contribution in [-0.2, 0) is 0 Å². The van der Waals surface area contributed by atoms with Crippen molar-refractivity contribution < 1.29 is 9.59 Å². The number of hydrogen-bond acceptors (Lipinski definition) is 2. The van der Waals surface area contributed by atoms with Crippen molar-refractivity contribution in [3.8, 4) is 0 Å². The zero-order valence-electron chi connectivity index (χ0n) is 12.6.